The smallest absolute Gasteiger partial charge is 0.301 e. The van der Waals surface area contributed by atoms with E-state index in [0.717, 1.165) is 12.1 Å². The monoisotopic (exact) mass is 364 g/mol. The van der Waals surface area contributed by atoms with E-state index in [0.29, 0.717) is 21.7 Å². The molecule has 2 aromatic carbocycles. The summed E-state index contributed by atoms with van der Waals surface area (Å²) in [7, 11) is 0. The molecule has 0 saturated carbocycles. The van der Waals surface area contributed by atoms with Crippen LogP contribution in [0.15, 0.2) is 29.4 Å². The van der Waals surface area contributed by atoms with Crippen molar-refractivity contribution in [2.75, 3.05) is 5.43 Å². The average Bonchev–Trinajstić information content (AvgIpc) is 2.55. The van der Waals surface area contributed by atoms with E-state index in [9.17, 15) is 25.3 Å². The molecular formula is C15H13ClN4O5. The number of aromatic hydroxyl groups is 1. The molecule has 0 saturated heterocycles. The normalized spacial score (nSPS) is 10.8. The van der Waals surface area contributed by atoms with Crippen LogP contribution in [0.5, 0.6) is 5.75 Å². The van der Waals surface area contributed by atoms with Crippen molar-refractivity contribution in [2.45, 2.75) is 13.8 Å². The van der Waals surface area contributed by atoms with Gasteiger partial charge in [0.25, 0.3) is 5.69 Å². The van der Waals surface area contributed by atoms with E-state index in [2.05, 4.69) is 10.5 Å². The zero-order chi connectivity index (χ0) is 18.7. The first-order valence-electron chi connectivity index (χ1n) is 6.93. The van der Waals surface area contributed by atoms with Crippen LogP contribution in [0.1, 0.15) is 16.7 Å². The van der Waals surface area contributed by atoms with E-state index >= 15 is 0 Å². The number of hydrazone groups is 1. The van der Waals surface area contributed by atoms with Gasteiger partial charge in [0.1, 0.15) is 11.4 Å². The van der Waals surface area contributed by atoms with E-state index in [1.54, 1.807) is 13.8 Å². The Labute approximate surface area is 146 Å². The third-order valence-corrected chi connectivity index (χ3v) is 4.06. The molecule has 9 nitrogen and oxygen atoms in total. The lowest BCUT2D eigenvalue weighted by Gasteiger charge is -2.09. The molecule has 0 heterocycles. The molecule has 0 fully saturated rings. The highest BCUT2D eigenvalue weighted by atomic mass is 35.5. The summed E-state index contributed by atoms with van der Waals surface area (Å²) in [5.41, 5.74) is 3.18. The average molecular weight is 365 g/mol. The number of hydrogen-bond acceptors (Lipinski definition) is 7. The number of phenolic OH excluding ortho intramolecular Hbond substituents is 1. The number of aryl methyl sites for hydroxylation is 1. The van der Waals surface area contributed by atoms with Crippen LogP contribution in [0.2, 0.25) is 5.02 Å². The first-order valence-corrected chi connectivity index (χ1v) is 7.30. The number of rotatable bonds is 5. The van der Waals surface area contributed by atoms with Gasteiger partial charge in [-0.05, 0) is 37.1 Å². The Kier molecular flexibility index (Phi) is 5.18. The van der Waals surface area contributed by atoms with Crippen LogP contribution in [0, 0.1) is 34.1 Å². The number of nitrogens with one attached hydrogen (secondary N) is 1. The third kappa shape index (κ3) is 3.83. The maximum atomic E-state index is 11.1. The highest BCUT2D eigenvalue weighted by Crippen LogP contribution is 2.31. The van der Waals surface area contributed by atoms with Crippen LogP contribution in [-0.4, -0.2) is 21.2 Å². The van der Waals surface area contributed by atoms with Crippen molar-refractivity contribution in [3.63, 3.8) is 0 Å². The van der Waals surface area contributed by atoms with Crippen molar-refractivity contribution >= 4 is 34.9 Å². The Hall–Kier alpha value is -3.20. The van der Waals surface area contributed by atoms with Gasteiger partial charge >= 0.3 is 5.69 Å². The topological polar surface area (TPSA) is 131 Å². The van der Waals surface area contributed by atoms with Crippen LogP contribution in [0.25, 0.3) is 0 Å². The van der Waals surface area contributed by atoms with Crippen molar-refractivity contribution in [1.29, 1.82) is 0 Å². The molecule has 2 aromatic rings. The molecular weight excluding hydrogens is 352 g/mol. The van der Waals surface area contributed by atoms with Crippen LogP contribution in [0.3, 0.4) is 0 Å². The first-order chi connectivity index (χ1) is 11.7. The summed E-state index contributed by atoms with van der Waals surface area (Å²) in [5, 5.41) is 36.1. The summed E-state index contributed by atoms with van der Waals surface area (Å²) in [4.78, 5) is 20.3. The fraction of sp³-hybridized carbons (Fsp3) is 0.133. The minimum Gasteiger partial charge on any atom is -0.507 e. The van der Waals surface area contributed by atoms with E-state index in [1.807, 2.05) is 0 Å². The molecule has 0 bridgehead atoms. The van der Waals surface area contributed by atoms with Gasteiger partial charge in [-0.15, -0.1) is 0 Å². The van der Waals surface area contributed by atoms with E-state index in [1.165, 1.54) is 18.3 Å². The second kappa shape index (κ2) is 7.14. The largest absolute Gasteiger partial charge is 0.507 e. The number of phenols is 1. The second-order valence-electron chi connectivity index (χ2n) is 5.15. The molecule has 25 heavy (non-hydrogen) atoms. The lowest BCUT2D eigenvalue weighted by molar-refractivity contribution is -0.393. The quantitative estimate of drug-likeness (QED) is 0.469. The molecule has 0 radical (unpaired) electrons. The van der Waals surface area contributed by atoms with Gasteiger partial charge in [-0.1, -0.05) is 11.6 Å². The summed E-state index contributed by atoms with van der Waals surface area (Å²) >= 11 is 6.12. The zero-order valence-corrected chi connectivity index (χ0v) is 13.9. The van der Waals surface area contributed by atoms with Crippen molar-refractivity contribution in [1.82, 2.24) is 0 Å². The van der Waals surface area contributed by atoms with Gasteiger partial charge in [-0.25, -0.2) is 0 Å². The molecule has 0 aliphatic heterocycles. The molecule has 0 aliphatic rings. The number of benzene rings is 2. The van der Waals surface area contributed by atoms with E-state index < -0.39 is 21.2 Å². The van der Waals surface area contributed by atoms with Crippen molar-refractivity contribution in [3.05, 3.63) is 66.2 Å². The Morgan fingerprint density at radius 3 is 2.48 bits per heavy atom. The van der Waals surface area contributed by atoms with Gasteiger partial charge in [0.2, 0.25) is 0 Å². The van der Waals surface area contributed by atoms with Gasteiger partial charge in [0.15, 0.2) is 0 Å². The minimum atomic E-state index is -0.754. The van der Waals surface area contributed by atoms with Crippen molar-refractivity contribution in [2.24, 2.45) is 5.10 Å². The molecule has 0 aliphatic carbocycles. The van der Waals surface area contributed by atoms with Crippen LogP contribution >= 0.6 is 11.6 Å². The second-order valence-corrected chi connectivity index (χ2v) is 5.53. The molecule has 0 unspecified atom stereocenters. The summed E-state index contributed by atoms with van der Waals surface area (Å²) in [6, 6.07) is 4.62. The highest BCUT2D eigenvalue weighted by Gasteiger charge is 2.19. The number of halogens is 1. The van der Waals surface area contributed by atoms with Crippen LogP contribution in [0.4, 0.5) is 17.1 Å². The summed E-state index contributed by atoms with van der Waals surface area (Å²) in [6.07, 6.45) is 1.27. The van der Waals surface area contributed by atoms with Crippen molar-refractivity contribution < 1.29 is 15.0 Å². The highest BCUT2D eigenvalue weighted by molar-refractivity contribution is 6.32. The van der Waals surface area contributed by atoms with Gasteiger partial charge in [-0.3, -0.25) is 25.7 Å². The van der Waals surface area contributed by atoms with Crippen LogP contribution in [-0.2, 0) is 0 Å². The molecule has 0 spiro atoms. The number of nitro benzene ring substituents is 2. The van der Waals surface area contributed by atoms with Crippen LogP contribution < -0.4 is 5.43 Å². The van der Waals surface area contributed by atoms with Crippen molar-refractivity contribution in [3.8, 4) is 5.75 Å². The summed E-state index contributed by atoms with van der Waals surface area (Å²) in [5.74, 6) is -0.0388. The lowest BCUT2D eigenvalue weighted by Crippen LogP contribution is -1.99. The van der Waals surface area contributed by atoms with E-state index in [-0.39, 0.29) is 11.4 Å². The maximum absolute atomic E-state index is 11.1. The number of nitrogens with zero attached hydrogens (tertiary/aromatic N) is 3. The van der Waals surface area contributed by atoms with Gasteiger partial charge < -0.3 is 5.11 Å². The Bertz CT molecular complexity index is 898. The molecule has 0 atom stereocenters. The zero-order valence-electron chi connectivity index (χ0n) is 13.2. The third-order valence-electron chi connectivity index (χ3n) is 3.48. The standard InChI is InChI=1S/C15H13ClN4O5/c1-8-5-14(21)11(9(2)15(8)16)7-17-18-12-4-3-10(19(22)23)6-13(12)20(24)25/h3-7,18,21H,1-2H3/b17-7-. The predicted octanol–water partition coefficient (Wildman–Crippen LogP) is 3.92. The Morgan fingerprint density at radius 2 is 1.88 bits per heavy atom. The molecule has 0 amide bonds. The number of non-ortho nitro benzene ring substituents is 1. The van der Waals surface area contributed by atoms with E-state index in [4.69, 9.17) is 11.6 Å². The lowest BCUT2D eigenvalue weighted by atomic mass is 10.1. The fourth-order valence-corrected chi connectivity index (χ4v) is 2.32. The first kappa shape index (κ1) is 18.1. The van der Waals surface area contributed by atoms with Gasteiger partial charge in [0.05, 0.1) is 22.1 Å². The molecule has 10 heteroatoms. The number of hydrogen-bond donors (Lipinski definition) is 2. The summed E-state index contributed by atoms with van der Waals surface area (Å²) in [6.45, 7) is 3.44. The Balaban J connectivity index is 2.33. The molecule has 0 aromatic heterocycles. The molecule has 2 N–H and O–H groups in total. The summed E-state index contributed by atoms with van der Waals surface area (Å²) < 4.78 is 0. The fourth-order valence-electron chi connectivity index (χ4n) is 2.16. The molecule has 130 valence electrons. The SMILES string of the molecule is Cc1cc(O)c(/C=N\Nc2ccc([N+](=O)[O-])cc2[N+](=O)[O-])c(C)c1Cl. The predicted molar refractivity (Wildman–Crippen MR) is 93.6 cm³/mol. The number of nitro groups is 2. The number of anilines is 1. The Morgan fingerprint density at radius 1 is 1.20 bits per heavy atom. The van der Waals surface area contributed by atoms with Gasteiger partial charge in [0, 0.05) is 16.7 Å². The maximum Gasteiger partial charge on any atom is 0.301 e. The van der Waals surface area contributed by atoms with Gasteiger partial charge in [-0.2, -0.15) is 5.10 Å². The molecule has 2 rings (SSSR count). The minimum absolute atomic E-state index is 0.0257.